The van der Waals surface area contributed by atoms with Gasteiger partial charge < -0.3 is 4.74 Å². The smallest absolute Gasteiger partial charge is 0.339 e. The van der Waals surface area contributed by atoms with Crippen molar-refractivity contribution in [3.63, 3.8) is 0 Å². The van der Waals surface area contributed by atoms with E-state index in [1.54, 1.807) is 45.7 Å². The predicted octanol–water partition coefficient (Wildman–Crippen LogP) is 11.8. The van der Waals surface area contributed by atoms with E-state index in [-0.39, 0.29) is 40.0 Å². The van der Waals surface area contributed by atoms with Crippen LogP contribution in [0.15, 0.2) is 132 Å². The first-order valence-corrected chi connectivity index (χ1v) is 19.1. The Balaban J connectivity index is 1.25. The maximum Gasteiger partial charge on any atom is 0.339 e. The zero-order chi connectivity index (χ0) is 46.4. The number of hydrogen-bond donors (Lipinski definition) is 0. The summed E-state index contributed by atoms with van der Waals surface area (Å²) in [6.07, 6.45) is 1.71. The van der Waals surface area contributed by atoms with Crippen molar-refractivity contribution < 1.29 is 15.7 Å². The number of rotatable bonds is 5. The summed E-state index contributed by atoms with van der Waals surface area (Å²) >= 11 is 0. The van der Waals surface area contributed by atoms with Gasteiger partial charge in [-0.05, 0) is 88.9 Å². The minimum absolute atomic E-state index is 0.0352. The van der Waals surface area contributed by atoms with Gasteiger partial charge >= 0.3 is 5.69 Å². The minimum atomic E-state index is -2.51. The number of aromatic nitrogens is 5. The largest absolute Gasteiger partial charge is 0.457 e. The molecule has 0 spiro atoms. The van der Waals surface area contributed by atoms with Crippen LogP contribution in [0.2, 0.25) is 0 Å². The van der Waals surface area contributed by atoms with Crippen molar-refractivity contribution >= 4 is 38.4 Å². The summed E-state index contributed by atoms with van der Waals surface area (Å²) in [6, 6.07) is 25.4. The molecule has 0 fully saturated rings. The van der Waals surface area contributed by atoms with Crippen LogP contribution in [-0.4, -0.2) is 23.5 Å². The van der Waals surface area contributed by atoms with E-state index >= 15 is 0 Å². The van der Waals surface area contributed by atoms with Gasteiger partial charge in [-0.3, -0.25) is 8.97 Å². The summed E-state index contributed by atoms with van der Waals surface area (Å²) < 4.78 is 81.6. The molecule has 5 aromatic carbocycles. The Morgan fingerprint density at radius 3 is 2.28 bits per heavy atom. The summed E-state index contributed by atoms with van der Waals surface area (Å²) in [6.45, 7) is 12.0. The number of pyridine rings is 2. The lowest BCUT2D eigenvalue weighted by Gasteiger charge is -2.46. The Labute approximate surface area is 343 Å². The van der Waals surface area contributed by atoms with Gasteiger partial charge in [0.15, 0.2) is 0 Å². The van der Waals surface area contributed by atoms with Crippen LogP contribution in [0.25, 0.3) is 61.1 Å². The van der Waals surface area contributed by atoms with Gasteiger partial charge in [-0.15, -0.1) is 0 Å². The zero-order valence-electron chi connectivity index (χ0n) is 40.8. The van der Waals surface area contributed by atoms with Gasteiger partial charge in [0.1, 0.15) is 23.0 Å². The number of fused-ring (bicyclic) bond motifs is 4. The molecule has 0 atom stereocenters. The first-order valence-electron chi connectivity index (χ1n) is 23.1. The lowest BCUT2D eigenvalue weighted by atomic mass is 9.60. The maximum absolute atomic E-state index is 14.5. The Hall–Kier alpha value is -6.47. The molecule has 0 unspecified atom stereocenters. The van der Waals surface area contributed by atoms with E-state index < -0.39 is 35.8 Å². The highest BCUT2D eigenvalue weighted by molar-refractivity contribution is 6.15. The summed E-state index contributed by atoms with van der Waals surface area (Å²) in [7, 11) is 0. The standard InChI is InChI=1S/C50H45N5O2/c1-30-19-23-38-44-42(30)36-22-20-34(28-37(36)46-52-43(31-15-11-9-12-16-31)45(55(44)46)50(7,8)49(38,5)6)57-35-21-24-39-40(29-35)54(41-27-32(25-26-51-41)48(2,3)4)47(56)53(39)33-17-13-10-14-18-33/h9-29H,1-8H3/i1D3,9D,11D,12D,15D,16D. The fourth-order valence-electron chi connectivity index (χ4n) is 8.59. The van der Waals surface area contributed by atoms with Crippen LogP contribution in [0.4, 0.5) is 0 Å². The van der Waals surface area contributed by atoms with Gasteiger partial charge in [0.25, 0.3) is 0 Å². The number of nitrogens with zero attached hydrogens (tertiary/aromatic N) is 5. The monoisotopic (exact) mass is 755 g/mol. The van der Waals surface area contributed by atoms with Crippen molar-refractivity contribution in [2.75, 3.05) is 0 Å². The van der Waals surface area contributed by atoms with Crippen molar-refractivity contribution in [3.05, 3.63) is 160 Å². The third-order valence-corrected chi connectivity index (χ3v) is 12.2. The van der Waals surface area contributed by atoms with Crippen molar-refractivity contribution in [1.82, 2.24) is 23.5 Å². The summed E-state index contributed by atoms with van der Waals surface area (Å²) in [5.74, 6) is 1.26. The molecule has 0 amide bonds. The van der Waals surface area contributed by atoms with Crippen LogP contribution >= 0.6 is 0 Å². The molecule has 5 heterocycles. The molecule has 282 valence electrons. The second-order valence-corrected chi connectivity index (χ2v) is 17.0. The van der Waals surface area contributed by atoms with Crippen LogP contribution in [0.1, 0.15) is 81.8 Å². The second-order valence-electron chi connectivity index (χ2n) is 17.0. The zero-order valence-corrected chi connectivity index (χ0v) is 32.8. The van der Waals surface area contributed by atoms with Gasteiger partial charge in [-0.25, -0.2) is 19.3 Å². The molecule has 57 heavy (non-hydrogen) atoms. The third-order valence-electron chi connectivity index (χ3n) is 12.2. The van der Waals surface area contributed by atoms with Gasteiger partial charge in [0.2, 0.25) is 0 Å². The predicted molar refractivity (Wildman–Crippen MR) is 232 cm³/mol. The Morgan fingerprint density at radius 2 is 1.53 bits per heavy atom. The van der Waals surface area contributed by atoms with E-state index in [1.165, 1.54) is 0 Å². The first-order chi connectivity index (χ1) is 30.5. The maximum atomic E-state index is 14.5. The fourth-order valence-corrected chi connectivity index (χ4v) is 8.59. The highest BCUT2D eigenvalue weighted by atomic mass is 16.5. The molecule has 7 heteroatoms. The van der Waals surface area contributed by atoms with Crippen LogP contribution < -0.4 is 10.4 Å². The normalized spacial score (nSPS) is 16.9. The number of imidazole rings is 2. The molecule has 0 radical (unpaired) electrons. The SMILES string of the molecule is [2H]c1c([2H])c([2H])c(-c2nc3c4cc(Oc5ccc6c(c5)n(-c5cc(C(C)(C)C)ccn5)c(=O)n6-c5ccccc5)ccc4c4c(C([2H])([2H])[2H])ccc5c4n3c2C(C)(C)C5(C)C)c([2H])c1[2H]. The van der Waals surface area contributed by atoms with Crippen molar-refractivity contribution in [1.29, 1.82) is 0 Å². The Kier molecular flexibility index (Phi) is 5.73. The van der Waals surface area contributed by atoms with Crippen molar-refractivity contribution in [2.24, 2.45) is 0 Å². The molecular weight excluding hydrogens is 703 g/mol. The molecule has 1 aliphatic heterocycles. The van der Waals surface area contributed by atoms with E-state index in [1.807, 2.05) is 78.9 Å². The number of ether oxygens (including phenoxy) is 1. The van der Waals surface area contributed by atoms with E-state index in [0.717, 1.165) is 11.1 Å². The average molecular weight is 756 g/mol. The van der Waals surface area contributed by atoms with E-state index in [0.29, 0.717) is 67.1 Å². The Bertz CT molecular complexity index is 3550. The molecule has 7 nitrogen and oxygen atoms in total. The third kappa shape index (κ3) is 5.00. The van der Waals surface area contributed by atoms with Crippen LogP contribution in [0, 0.1) is 6.85 Å². The molecule has 1 aliphatic rings. The second kappa shape index (κ2) is 12.0. The van der Waals surface area contributed by atoms with Crippen LogP contribution in [-0.2, 0) is 16.2 Å². The van der Waals surface area contributed by atoms with Crippen molar-refractivity contribution in [3.8, 4) is 34.3 Å². The van der Waals surface area contributed by atoms with Gasteiger partial charge in [-0.2, -0.15) is 0 Å². The van der Waals surface area contributed by atoms with E-state index in [4.69, 9.17) is 20.7 Å². The molecule has 4 aromatic heterocycles. The van der Waals surface area contributed by atoms with Gasteiger partial charge in [-0.1, -0.05) is 109 Å². The van der Waals surface area contributed by atoms with E-state index in [9.17, 15) is 4.79 Å². The van der Waals surface area contributed by atoms with E-state index in [2.05, 4.69) is 39.6 Å². The highest BCUT2D eigenvalue weighted by Gasteiger charge is 2.48. The molecule has 0 bridgehead atoms. The van der Waals surface area contributed by atoms with Gasteiger partial charge in [0.05, 0.1) is 40.5 Å². The molecule has 9 aromatic rings. The quantitative estimate of drug-likeness (QED) is 0.164. The van der Waals surface area contributed by atoms with Gasteiger partial charge in [0, 0.05) is 43.5 Å². The fraction of sp³-hybridized carbons (Fsp3) is 0.220. The first kappa shape index (κ1) is 27.2. The number of aryl methyl sites for hydroxylation is 1. The van der Waals surface area contributed by atoms with Crippen LogP contribution in [0.5, 0.6) is 11.5 Å². The highest BCUT2D eigenvalue weighted by Crippen LogP contribution is 2.54. The lowest BCUT2D eigenvalue weighted by Crippen LogP contribution is -2.44. The average Bonchev–Trinajstić information content (AvgIpc) is 3.80. The lowest BCUT2D eigenvalue weighted by molar-refractivity contribution is 0.289. The molecule has 0 aliphatic carbocycles. The number of benzene rings is 5. The molecule has 0 saturated heterocycles. The number of hydrogen-bond acceptors (Lipinski definition) is 4. The molecule has 0 saturated carbocycles. The minimum Gasteiger partial charge on any atom is -0.457 e. The molecule has 0 N–H and O–H groups in total. The summed E-state index contributed by atoms with van der Waals surface area (Å²) in [5.41, 5.74) is 3.84. The van der Waals surface area contributed by atoms with Crippen molar-refractivity contribution in [2.45, 2.75) is 71.6 Å². The molecule has 10 rings (SSSR count). The Morgan fingerprint density at radius 1 is 0.772 bits per heavy atom. The topological polar surface area (TPSA) is 66.3 Å². The molecular formula is C50H45N5O2. The summed E-state index contributed by atoms with van der Waals surface area (Å²) in [4.78, 5) is 24.3. The van der Waals surface area contributed by atoms with Crippen LogP contribution in [0.3, 0.4) is 0 Å². The summed E-state index contributed by atoms with van der Waals surface area (Å²) in [5, 5.41) is 1.63. The number of para-hydroxylation sites is 1.